The molecule has 2 aliphatic rings. The zero-order valence-electron chi connectivity index (χ0n) is 12.9. The van der Waals surface area contributed by atoms with E-state index in [1.54, 1.807) is 0 Å². The van der Waals surface area contributed by atoms with E-state index in [0.29, 0.717) is 17.9 Å². The van der Waals surface area contributed by atoms with Gasteiger partial charge in [-0.05, 0) is 51.0 Å². The van der Waals surface area contributed by atoms with E-state index in [0.717, 1.165) is 36.5 Å². The molecule has 4 nitrogen and oxygen atoms in total. The first-order valence-corrected chi connectivity index (χ1v) is 8.29. The average molecular weight is 277 g/mol. The van der Waals surface area contributed by atoms with Crippen molar-refractivity contribution in [1.29, 1.82) is 0 Å². The summed E-state index contributed by atoms with van der Waals surface area (Å²) in [6, 6.07) is 0.387. The third-order valence-electron chi connectivity index (χ3n) is 5.41. The third-order valence-corrected chi connectivity index (χ3v) is 5.41. The van der Waals surface area contributed by atoms with Gasteiger partial charge in [0.1, 0.15) is 0 Å². The molecule has 2 saturated carbocycles. The second-order valence-electron chi connectivity index (χ2n) is 6.63. The number of nitrogens with zero attached hydrogens (tertiary/aromatic N) is 2. The summed E-state index contributed by atoms with van der Waals surface area (Å²) in [6.45, 7) is 7.52. The molecule has 0 aromatic carbocycles. The highest BCUT2D eigenvalue weighted by molar-refractivity contribution is 5.08. The van der Waals surface area contributed by atoms with Crippen LogP contribution in [0, 0.1) is 11.8 Å². The van der Waals surface area contributed by atoms with E-state index < -0.39 is 0 Å². The van der Waals surface area contributed by atoms with Crippen LogP contribution in [0.4, 0.5) is 0 Å². The van der Waals surface area contributed by atoms with Gasteiger partial charge >= 0.3 is 0 Å². The first-order valence-electron chi connectivity index (χ1n) is 8.29. The maximum Gasteiger partial charge on any atom is 0.231 e. The molecule has 1 aromatic rings. The second-order valence-corrected chi connectivity index (χ2v) is 6.63. The second kappa shape index (κ2) is 5.84. The molecule has 20 heavy (non-hydrogen) atoms. The lowest BCUT2D eigenvalue weighted by molar-refractivity contribution is 0.310. The average Bonchev–Trinajstić information content (AvgIpc) is 3.15. The molecule has 0 spiro atoms. The Morgan fingerprint density at radius 2 is 2.15 bits per heavy atom. The molecule has 0 amide bonds. The first-order chi connectivity index (χ1) is 9.72. The van der Waals surface area contributed by atoms with Crippen LogP contribution in [0.15, 0.2) is 4.52 Å². The highest BCUT2D eigenvalue weighted by Gasteiger charge is 2.42. The van der Waals surface area contributed by atoms with Crippen LogP contribution in [0.2, 0.25) is 0 Å². The molecule has 0 radical (unpaired) electrons. The minimum absolute atomic E-state index is 0.329. The molecule has 1 heterocycles. The van der Waals surface area contributed by atoms with Crippen molar-refractivity contribution in [2.24, 2.45) is 11.8 Å². The van der Waals surface area contributed by atoms with E-state index in [1.807, 2.05) is 0 Å². The lowest BCUT2D eigenvalue weighted by Crippen LogP contribution is -2.31. The Hall–Kier alpha value is -0.900. The zero-order chi connectivity index (χ0) is 14.1. The Balaban J connectivity index is 1.72. The van der Waals surface area contributed by atoms with Crippen LogP contribution in [0.5, 0.6) is 0 Å². The topological polar surface area (TPSA) is 51.0 Å². The molecule has 1 N–H and O–H groups in total. The van der Waals surface area contributed by atoms with E-state index in [4.69, 9.17) is 9.51 Å². The van der Waals surface area contributed by atoms with Crippen molar-refractivity contribution in [1.82, 2.24) is 15.5 Å². The molecule has 2 fully saturated rings. The van der Waals surface area contributed by atoms with E-state index in [-0.39, 0.29) is 0 Å². The standard InChI is InChI=1S/C16H27N3O/c1-4-13(10(3)17-5-2)16-18-15(19-20-16)14-9-11-6-7-12(14)8-11/h10-14,17H,4-9H2,1-3H3. The molecule has 112 valence electrons. The van der Waals surface area contributed by atoms with Gasteiger partial charge in [0.25, 0.3) is 0 Å². The van der Waals surface area contributed by atoms with Gasteiger partial charge in [0.15, 0.2) is 5.82 Å². The number of rotatable bonds is 6. The van der Waals surface area contributed by atoms with E-state index in [1.165, 1.54) is 25.7 Å². The molecule has 2 bridgehead atoms. The first kappa shape index (κ1) is 14.1. The normalized spacial score (nSPS) is 31.6. The van der Waals surface area contributed by atoms with Gasteiger partial charge in [-0.15, -0.1) is 0 Å². The Morgan fingerprint density at radius 3 is 2.75 bits per heavy atom. The van der Waals surface area contributed by atoms with Crippen molar-refractivity contribution in [3.63, 3.8) is 0 Å². The highest BCUT2D eigenvalue weighted by atomic mass is 16.5. The predicted octanol–water partition coefficient (Wildman–Crippen LogP) is 3.46. The Bertz CT molecular complexity index is 445. The van der Waals surface area contributed by atoms with Crippen LogP contribution in [0.1, 0.15) is 76.4 Å². The van der Waals surface area contributed by atoms with Crippen LogP contribution in [-0.4, -0.2) is 22.7 Å². The van der Waals surface area contributed by atoms with Gasteiger partial charge in [0.2, 0.25) is 5.89 Å². The summed E-state index contributed by atoms with van der Waals surface area (Å²) in [7, 11) is 0. The molecule has 0 saturated heterocycles. The number of nitrogens with one attached hydrogen (secondary N) is 1. The van der Waals surface area contributed by atoms with Gasteiger partial charge in [0.05, 0.1) is 5.92 Å². The van der Waals surface area contributed by atoms with Crippen molar-refractivity contribution in [2.45, 2.75) is 70.8 Å². The quantitative estimate of drug-likeness (QED) is 0.865. The minimum Gasteiger partial charge on any atom is -0.339 e. The summed E-state index contributed by atoms with van der Waals surface area (Å²) in [5, 5.41) is 7.79. The maximum absolute atomic E-state index is 5.60. The van der Waals surface area contributed by atoms with E-state index in [9.17, 15) is 0 Å². The molecule has 4 heteroatoms. The molecule has 5 atom stereocenters. The molecule has 0 aliphatic heterocycles. The van der Waals surface area contributed by atoms with Crippen molar-refractivity contribution in [3.05, 3.63) is 11.7 Å². The number of hydrogen-bond donors (Lipinski definition) is 1. The van der Waals surface area contributed by atoms with Gasteiger partial charge in [-0.25, -0.2) is 0 Å². The largest absolute Gasteiger partial charge is 0.339 e. The van der Waals surface area contributed by atoms with E-state index >= 15 is 0 Å². The Labute approximate surface area is 121 Å². The fourth-order valence-corrected chi connectivity index (χ4v) is 4.32. The SMILES string of the molecule is CCNC(C)C(CC)c1nc(C2CC3CCC2C3)no1. The number of fused-ring (bicyclic) bond motifs is 2. The molecule has 2 aliphatic carbocycles. The van der Waals surface area contributed by atoms with Crippen LogP contribution in [0.25, 0.3) is 0 Å². The number of aromatic nitrogens is 2. The number of likely N-dealkylation sites (N-methyl/N-ethyl adjacent to an activating group) is 1. The van der Waals surface area contributed by atoms with Crippen molar-refractivity contribution >= 4 is 0 Å². The molecule has 1 aromatic heterocycles. The fourth-order valence-electron chi connectivity index (χ4n) is 4.32. The Morgan fingerprint density at radius 1 is 1.30 bits per heavy atom. The molecular weight excluding hydrogens is 250 g/mol. The Kier molecular flexibility index (Phi) is 4.11. The summed E-state index contributed by atoms with van der Waals surface area (Å²) in [5.74, 6) is 4.45. The fraction of sp³-hybridized carbons (Fsp3) is 0.875. The van der Waals surface area contributed by atoms with Crippen LogP contribution >= 0.6 is 0 Å². The summed E-state index contributed by atoms with van der Waals surface area (Å²) in [4.78, 5) is 4.77. The summed E-state index contributed by atoms with van der Waals surface area (Å²) in [6.07, 6.45) is 6.49. The van der Waals surface area contributed by atoms with Gasteiger partial charge < -0.3 is 9.84 Å². The van der Waals surface area contributed by atoms with Gasteiger partial charge in [-0.2, -0.15) is 4.98 Å². The van der Waals surface area contributed by atoms with Crippen LogP contribution < -0.4 is 5.32 Å². The summed E-state index contributed by atoms with van der Waals surface area (Å²) in [5.41, 5.74) is 0. The van der Waals surface area contributed by atoms with E-state index in [2.05, 4.69) is 31.2 Å². The molecule has 5 unspecified atom stereocenters. The van der Waals surface area contributed by atoms with Crippen molar-refractivity contribution in [2.75, 3.05) is 6.54 Å². The number of hydrogen-bond acceptors (Lipinski definition) is 4. The van der Waals surface area contributed by atoms with Crippen molar-refractivity contribution in [3.8, 4) is 0 Å². The summed E-state index contributed by atoms with van der Waals surface area (Å²) < 4.78 is 5.60. The maximum atomic E-state index is 5.60. The van der Waals surface area contributed by atoms with Gasteiger partial charge in [0, 0.05) is 12.0 Å². The highest BCUT2D eigenvalue weighted by Crippen LogP contribution is 2.52. The van der Waals surface area contributed by atoms with Crippen LogP contribution in [-0.2, 0) is 0 Å². The van der Waals surface area contributed by atoms with Gasteiger partial charge in [-0.1, -0.05) is 25.4 Å². The van der Waals surface area contributed by atoms with Crippen molar-refractivity contribution < 1.29 is 4.52 Å². The zero-order valence-corrected chi connectivity index (χ0v) is 12.9. The lowest BCUT2D eigenvalue weighted by atomic mass is 9.88. The van der Waals surface area contributed by atoms with Crippen LogP contribution in [0.3, 0.4) is 0 Å². The monoisotopic (exact) mass is 277 g/mol. The smallest absolute Gasteiger partial charge is 0.231 e. The molecular formula is C16H27N3O. The predicted molar refractivity (Wildman–Crippen MR) is 78.7 cm³/mol. The lowest BCUT2D eigenvalue weighted by Gasteiger charge is -2.20. The minimum atomic E-state index is 0.329. The third kappa shape index (κ3) is 2.50. The van der Waals surface area contributed by atoms with Gasteiger partial charge in [-0.3, -0.25) is 0 Å². The summed E-state index contributed by atoms with van der Waals surface area (Å²) >= 11 is 0. The molecule has 3 rings (SSSR count).